The maximum atomic E-state index is 6.13. The molecular weight excluding hydrogens is 238 g/mol. The van der Waals surface area contributed by atoms with Crippen LogP contribution in [0, 0.1) is 6.92 Å². The molecule has 0 radical (unpaired) electrons. The Labute approximate surface area is 116 Å². The van der Waals surface area contributed by atoms with Crippen LogP contribution in [0.2, 0.25) is 0 Å². The molecule has 3 atom stereocenters. The Morgan fingerprint density at radius 1 is 1.26 bits per heavy atom. The average molecular weight is 263 g/mol. The Morgan fingerprint density at radius 3 is 2.63 bits per heavy atom. The lowest BCUT2D eigenvalue weighted by molar-refractivity contribution is 0.0207. The first kappa shape index (κ1) is 14.4. The fourth-order valence-electron chi connectivity index (χ4n) is 2.69. The van der Waals surface area contributed by atoms with Gasteiger partial charge < -0.3 is 15.2 Å². The zero-order chi connectivity index (χ0) is 13.8. The second-order valence-corrected chi connectivity index (χ2v) is 5.58. The van der Waals surface area contributed by atoms with E-state index in [1.807, 2.05) is 13.0 Å². The van der Waals surface area contributed by atoms with Gasteiger partial charge in [-0.2, -0.15) is 0 Å². The molecule has 1 aliphatic rings. The topological polar surface area (TPSA) is 44.5 Å². The third kappa shape index (κ3) is 3.71. The predicted molar refractivity (Wildman–Crippen MR) is 77.5 cm³/mol. The molecule has 3 nitrogen and oxygen atoms in total. The quantitative estimate of drug-likeness (QED) is 0.906. The van der Waals surface area contributed by atoms with Gasteiger partial charge in [-0.25, -0.2) is 0 Å². The number of benzene rings is 1. The molecular formula is C16H25NO2. The summed E-state index contributed by atoms with van der Waals surface area (Å²) in [5.41, 5.74) is 8.21. The van der Waals surface area contributed by atoms with Gasteiger partial charge in [0.15, 0.2) is 0 Å². The van der Waals surface area contributed by atoms with E-state index in [9.17, 15) is 0 Å². The van der Waals surface area contributed by atoms with Gasteiger partial charge in [0.1, 0.15) is 11.9 Å². The minimum absolute atomic E-state index is 0.0697. The molecule has 0 bridgehead atoms. The molecule has 0 aromatic heterocycles. The zero-order valence-electron chi connectivity index (χ0n) is 12.2. The highest BCUT2D eigenvalue weighted by molar-refractivity contribution is 5.37. The first-order chi connectivity index (χ1) is 9.10. The van der Waals surface area contributed by atoms with Gasteiger partial charge in [0, 0.05) is 19.6 Å². The van der Waals surface area contributed by atoms with Crippen LogP contribution in [0.4, 0.5) is 0 Å². The Hall–Kier alpha value is -1.06. The van der Waals surface area contributed by atoms with Gasteiger partial charge in [-0.3, -0.25) is 0 Å². The van der Waals surface area contributed by atoms with E-state index >= 15 is 0 Å². The summed E-state index contributed by atoms with van der Waals surface area (Å²) in [5.74, 6) is 0.978. The van der Waals surface area contributed by atoms with Gasteiger partial charge in [0.25, 0.3) is 0 Å². The summed E-state index contributed by atoms with van der Waals surface area (Å²) in [7, 11) is 1.79. The summed E-state index contributed by atoms with van der Waals surface area (Å²) < 4.78 is 11.6. The molecule has 0 saturated heterocycles. The third-order valence-electron chi connectivity index (χ3n) is 3.93. The molecule has 1 aromatic carbocycles. The number of rotatable bonds is 4. The molecule has 19 heavy (non-hydrogen) atoms. The highest BCUT2D eigenvalue weighted by Gasteiger charge is 2.23. The van der Waals surface area contributed by atoms with E-state index < -0.39 is 0 Å². The van der Waals surface area contributed by atoms with Crippen molar-refractivity contribution >= 4 is 0 Å². The van der Waals surface area contributed by atoms with E-state index in [2.05, 4.69) is 19.1 Å². The van der Waals surface area contributed by atoms with Crippen LogP contribution in [0.1, 0.15) is 49.8 Å². The van der Waals surface area contributed by atoms with Crippen molar-refractivity contribution in [2.45, 2.75) is 57.8 Å². The monoisotopic (exact) mass is 263 g/mol. The van der Waals surface area contributed by atoms with Crippen molar-refractivity contribution in [3.8, 4) is 5.75 Å². The van der Waals surface area contributed by atoms with E-state index in [0.29, 0.717) is 6.10 Å². The van der Waals surface area contributed by atoms with E-state index in [-0.39, 0.29) is 12.1 Å². The molecule has 2 rings (SSSR count). The van der Waals surface area contributed by atoms with E-state index in [0.717, 1.165) is 36.1 Å². The summed E-state index contributed by atoms with van der Waals surface area (Å²) >= 11 is 0. The fraction of sp³-hybridized carbons (Fsp3) is 0.625. The molecule has 2 unspecified atom stereocenters. The summed E-state index contributed by atoms with van der Waals surface area (Å²) in [4.78, 5) is 0. The van der Waals surface area contributed by atoms with Gasteiger partial charge in [0.05, 0.1) is 6.10 Å². The van der Waals surface area contributed by atoms with E-state index in [1.165, 1.54) is 6.42 Å². The normalized spacial score (nSPS) is 25.1. The maximum Gasteiger partial charge on any atom is 0.122 e. The van der Waals surface area contributed by atoms with Crippen molar-refractivity contribution in [2.75, 3.05) is 7.11 Å². The summed E-state index contributed by atoms with van der Waals surface area (Å²) in [6.45, 7) is 4.08. The van der Waals surface area contributed by atoms with E-state index in [1.54, 1.807) is 7.11 Å². The van der Waals surface area contributed by atoms with Crippen LogP contribution in [0.3, 0.4) is 0 Å². The second-order valence-electron chi connectivity index (χ2n) is 5.58. The minimum atomic E-state index is 0.0697. The van der Waals surface area contributed by atoms with Crippen LogP contribution in [0.25, 0.3) is 0 Å². The molecule has 1 saturated carbocycles. The summed E-state index contributed by atoms with van der Waals surface area (Å²) in [6.07, 6.45) is 5.07. The van der Waals surface area contributed by atoms with Crippen LogP contribution < -0.4 is 10.5 Å². The Bertz CT molecular complexity index is 417. The Kier molecular flexibility index (Phi) is 4.83. The van der Waals surface area contributed by atoms with Gasteiger partial charge in [-0.15, -0.1) is 0 Å². The first-order valence-electron chi connectivity index (χ1n) is 7.15. The second kappa shape index (κ2) is 6.40. The van der Waals surface area contributed by atoms with Crippen molar-refractivity contribution in [1.29, 1.82) is 0 Å². The number of ether oxygens (including phenoxy) is 2. The number of hydrogen-bond acceptors (Lipinski definition) is 3. The average Bonchev–Trinajstić information content (AvgIpc) is 2.41. The van der Waals surface area contributed by atoms with Crippen LogP contribution in [-0.4, -0.2) is 19.3 Å². The number of hydrogen-bond donors (Lipinski definition) is 1. The molecule has 0 amide bonds. The lowest BCUT2D eigenvalue weighted by Crippen LogP contribution is -2.29. The standard InChI is InChI=1S/C16H25NO2/c1-11-9-13(12(2)17)7-8-16(11)19-15-6-4-5-14(10-15)18-3/h7-9,12,14-15H,4-6,10,17H2,1-3H3/t12-,14?,15?/m1/s1. The Morgan fingerprint density at radius 2 is 2.00 bits per heavy atom. The number of aryl methyl sites for hydroxylation is 1. The van der Waals surface area contributed by atoms with Crippen LogP contribution in [0.5, 0.6) is 5.75 Å². The van der Waals surface area contributed by atoms with Gasteiger partial charge in [-0.1, -0.05) is 12.1 Å². The Balaban J connectivity index is 2.02. The summed E-state index contributed by atoms with van der Waals surface area (Å²) in [5, 5.41) is 0. The molecule has 0 heterocycles. The molecule has 106 valence electrons. The maximum absolute atomic E-state index is 6.13. The first-order valence-corrected chi connectivity index (χ1v) is 7.15. The van der Waals surface area contributed by atoms with Crippen molar-refractivity contribution in [3.63, 3.8) is 0 Å². The number of methoxy groups -OCH3 is 1. The highest BCUT2D eigenvalue weighted by atomic mass is 16.5. The minimum Gasteiger partial charge on any atom is -0.490 e. The molecule has 0 aliphatic heterocycles. The van der Waals surface area contributed by atoms with Crippen LogP contribution >= 0.6 is 0 Å². The molecule has 0 spiro atoms. The van der Waals surface area contributed by atoms with Crippen molar-refractivity contribution in [3.05, 3.63) is 29.3 Å². The lowest BCUT2D eigenvalue weighted by Gasteiger charge is -2.29. The van der Waals surface area contributed by atoms with Gasteiger partial charge >= 0.3 is 0 Å². The predicted octanol–water partition coefficient (Wildman–Crippen LogP) is 3.35. The van der Waals surface area contributed by atoms with Crippen LogP contribution in [-0.2, 0) is 4.74 Å². The molecule has 3 heteroatoms. The molecule has 1 aliphatic carbocycles. The lowest BCUT2D eigenvalue weighted by atomic mass is 9.94. The smallest absolute Gasteiger partial charge is 0.122 e. The van der Waals surface area contributed by atoms with Gasteiger partial charge in [0.2, 0.25) is 0 Å². The van der Waals surface area contributed by atoms with Crippen molar-refractivity contribution in [2.24, 2.45) is 5.73 Å². The third-order valence-corrected chi connectivity index (χ3v) is 3.93. The molecule has 1 aromatic rings. The van der Waals surface area contributed by atoms with Crippen molar-refractivity contribution < 1.29 is 9.47 Å². The SMILES string of the molecule is COC1CCCC(Oc2ccc([C@@H](C)N)cc2C)C1. The fourth-order valence-corrected chi connectivity index (χ4v) is 2.69. The number of nitrogens with two attached hydrogens (primary N) is 1. The summed E-state index contributed by atoms with van der Waals surface area (Å²) in [6, 6.07) is 6.30. The zero-order valence-corrected chi connectivity index (χ0v) is 12.2. The largest absolute Gasteiger partial charge is 0.490 e. The van der Waals surface area contributed by atoms with E-state index in [4.69, 9.17) is 15.2 Å². The van der Waals surface area contributed by atoms with Crippen LogP contribution in [0.15, 0.2) is 18.2 Å². The van der Waals surface area contributed by atoms with Gasteiger partial charge in [-0.05, 0) is 50.3 Å². The molecule has 1 fully saturated rings. The molecule has 2 N–H and O–H groups in total. The van der Waals surface area contributed by atoms with Crippen molar-refractivity contribution in [1.82, 2.24) is 0 Å². The highest BCUT2D eigenvalue weighted by Crippen LogP contribution is 2.28.